The van der Waals surface area contributed by atoms with Gasteiger partial charge in [-0.25, -0.2) is 4.98 Å². The molecule has 0 unspecified atom stereocenters. The molecule has 0 bridgehead atoms. The third-order valence-corrected chi connectivity index (χ3v) is 4.05. The Morgan fingerprint density at radius 3 is 2.90 bits per heavy atom. The molecule has 0 fully saturated rings. The van der Waals surface area contributed by atoms with Gasteiger partial charge >= 0.3 is 0 Å². The molecule has 0 spiro atoms. The predicted octanol–water partition coefficient (Wildman–Crippen LogP) is 3.03. The molecular weight excluding hydrogens is 282 g/mol. The molecule has 0 saturated heterocycles. The fraction of sp³-hybridized carbons (Fsp3) is 0.133. The van der Waals surface area contributed by atoms with Gasteiger partial charge in [-0.1, -0.05) is 18.2 Å². The van der Waals surface area contributed by atoms with Crippen LogP contribution in [0.3, 0.4) is 0 Å². The molecule has 6 heteroatoms. The summed E-state index contributed by atoms with van der Waals surface area (Å²) in [6.45, 7) is 0.635. The highest BCUT2D eigenvalue weighted by Gasteiger charge is 2.11. The summed E-state index contributed by atoms with van der Waals surface area (Å²) >= 11 is 5.47. The van der Waals surface area contributed by atoms with Crippen molar-refractivity contribution in [3.8, 4) is 0 Å². The van der Waals surface area contributed by atoms with Crippen LogP contribution in [0.4, 0.5) is 0 Å². The highest BCUT2D eigenvalue weighted by atomic mass is 32.1. The zero-order chi connectivity index (χ0) is 14.4. The van der Waals surface area contributed by atoms with Gasteiger partial charge in [0, 0.05) is 24.8 Å². The number of para-hydroxylation sites is 1. The fourth-order valence-corrected chi connectivity index (χ4v) is 2.90. The van der Waals surface area contributed by atoms with Gasteiger partial charge in [0.1, 0.15) is 5.82 Å². The summed E-state index contributed by atoms with van der Waals surface area (Å²) in [5.74, 6) is 0.966. The maximum Gasteiger partial charge on any atom is 0.178 e. The number of rotatable bonds is 2. The van der Waals surface area contributed by atoms with Crippen molar-refractivity contribution < 1.29 is 0 Å². The lowest BCUT2D eigenvalue weighted by molar-refractivity contribution is 0.708. The van der Waals surface area contributed by atoms with Crippen LogP contribution >= 0.6 is 12.2 Å². The Hall–Kier alpha value is -2.47. The monoisotopic (exact) mass is 295 g/mol. The van der Waals surface area contributed by atoms with Crippen LogP contribution in [-0.4, -0.2) is 24.1 Å². The second-order valence-electron chi connectivity index (χ2n) is 5.01. The Kier molecular flexibility index (Phi) is 2.65. The number of pyridine rings is 1. The van der Waals surface area contributed by atoms with E-state index in [4.69, 9.17) is 12.2 Å². The number of hydrogen-bond donors (Lipinski definition) is 1. The molecule has 4 rings (SSSR count). The number of aromatic nitrogens is 5. The molecule has 0 amide bonds. The van der Waals surface area contributed by atoms with E-state index in [0.29, 0.717) is 11.3 Å². The molecule has 104 valence electrons. The van der Waals surface area contributed by atoms with Crippen molar-refractivity contribution in [2.24, 2.45) is 7.05 Å². The van der Waals surface area contributed by atoms with Crippen LogP contribution in [0.25, 0.3) is 21.9 Å². The second-order valence-corrected chi connectivity index (χ2v) is 5.40. The summed E-state index contributed by atoms with van der Waals surface area (Å²) in [6, 6.07) is 8.09. The average molecular weight is 295 g/mol. The molecule has 0 aliphatic heterocycles. The number of imidazole rings is 2. The Labute approximate surface area is 125 Å². The predicted molar refractivity (Wildman–Crippen MR) is 84.7 cm³/mol. The molecule has 3 heterocycles. The maximum atomic E-state index is 5.47. The summed E-state index contributed by atoms with van der Waals surface area (Å²) in [5.41, 5.74) is 2.99. The van der Waals surface area contributed by atoms with Crippen LogP contribution in [0.2, 0.25) is 0 Å². The standard InChI is InChI=1S/C15H13N5S/c1-19-7-6-16-13(19)9-20-14-10-4-2-3-5-11(10)17-8-12(14)18-15(20)21/h2-8H,9H2,1H3,(H,18,21). The second kappa shape index (κ2) is 4.53. The van der Waals surface area contributed by atoms with E-state index >= 15 is 0 Å². The third-order valence-electron chi connectivity index (χ3n) is 3.72. The molecule has 0 aliphatic rings. The molecule has 21 heavy (non-hydrogen) atoms. The van der Waals surface area contributed by atoms with Gasteiger partial charge in [-0.05, 0) is 18.3 Å². The van der Waals surface area contributed by atoms with E-state index in [1.54, 1.807) is 6.20 Å². The average Bonchev–Trinajstić information content (AvgIpc) is 3.04. The van der Waals surface area contributed by atoms with Crippen LogP contribution < -0.4 is 0 Å². The Balaban J connectivity index is 2.03. The first kappa shape index (κ1) is 12.3. The minimum Gasteiger partial charge on any atom is -0.337 e. The maximum absolute atomic E-state index is 5.47. The van der Waals surface area contributed by atoms with Crippen molar-refractivity contribution in [2.45, 2.75) is 6.54 Å². The van der Waals surface area contributed by atoms with Crippen LogP contribution in [0.5, 0.6) is 0 Å². The molecule has 1 N–H and O–H groups in total. The molecule has 1 aromatic carbocycles. The first-order valence-corrected chi connectivity index (χ1v) is 7.07. The molecule has 0 radical (unpaired) electrons. The molecule has 0 aliphatic carbocycles. The number of hydrogen-bond acceptors (Lipinski definition) is 3. The molecule has 4 aromatic rings. The molecule has 3 aromatic heterocycles. The van der Waals surface area contributed by atoms with E-state index < -0.39 is 0 Å². The lowest BCUT2D eigenvalue weighted by Gasteiger charge is -2.07. The van der Waals surface area contributed by atoms with Gasteiger partial charge in [0.15, 0.2) is 4.77 Å². The lowest BCUT2D eigenvalue weighted by Crippen LogP contribution is -2.06. The van der Waals surface area contributed by atoms with Crippen molar-refractivity contribution >= 4 is 34.2 Å². The normalized spacial score (nSPS) is 11.5. The third kappa shape index (κ3) is 1.87. The number of benzene rings is 1. The number of aromatic amines is 1. The Morgan fingerprint density at radius 1 is 1.24 bits per heavy atom. The minimum absolute atomic E-state index is 0.635. The lowest BCUT2D eigenvalue weighted by atomic mass is 10.2. The van der Waals surface area contributed by atoms with E-state index in [1.165, 1.54) is 0 Å². The zero-order valence-electron chi connectivity index (χ0n) is 11.4. The highest BCUT2D eigenvalue weighted by molar-refractivity contribution is 7.71. The molecule has 0 saturated carbocycles. The van der Waals surface area contributed by atoms with Gasteiger partial charge in [0.25, 0.3) is 0 Å². The van der Waals surface area contributed by atoms with Gasteiger partial charge in [-0.15, -0.1) is 0 Å². The summed E-state index contributed by atoms with van der Waals surface area (Å²) < 4.78 is 4.77. The number of nitrogens with zero attached hydrogens (tertiary/aromatic N) is 4. The summed E-state index contributed by atoms with van der Waals surface area (Å²) in [6.07, 6.45) is 5.57. The van der Waals surface area contributed by atoms with Crippen LogP contribution in [0, 0.1) is 4.77 Å². The van der Waals surface area contributed by atoms with E-state index in [1.807, 2.05) is 42.2 Å². The van der Waals surface area contributed by atoms with Crippen molar-refractivity contribution in [1.29, 1.82) is 0 Å². The Bertz CT molecular complexity index is 1010. The topological polar surface area (TPSA) is 51.4 Å². The Morgan fingerprint density at radius 2 is 2.10 bits per heavy atom. The molecule has 5 nitrogen and oxygen atoms in total. The van der Waals surface area contributed by atoms with Crippen molar-refractivity contribution in [3.05, 3.63) is 53.5 Å². The smallest absolute Gasteiger partial charge is 0.178 e. The van der Waals surface area contributed by atoms with Crippen molar-refractivity contribution in [1.82, 2.24) is 24.1 Å². The first-order valence-electron chi connectivity index (χ1n) is 6.66. The van der Waals surface area contributed by atoms with Crippen LogP contribution in [0.1, 0.15) is 5.82 Å². The summed E-state index contributed by atoms with van der Waals surface area (Å²) in [5, 5.41) is 1.09. The quantitative estimate of drug-likeness (QED) is 0.578. The van der Waals surface area contributed by atoms with Crippen LogP contribution in [-0.2, 0) is 13.6 Å². The highest BCUT2D eigenvalue weighted by Crippen LogP contribution is 2.23. The van der Waals surface area contributed by atoms with E-state index in [-0.39, 0.29) is 0 Å². The SMILES string of the molecule is Cn1ccnc1Cn1c(=S)[nH]c2cnc3ccccc3c21. The van der Waals surface area contributed by atoms with Crippen molar-refractivity contribution in [3.63, 3.8) is 0 Å². The fourth-order valence-electron chi connectivity index (χ4n) is 2.63. The number of fused-ring (bicyclic) bond motifs is 3. The van der Waals surface area contributed by atoms with Crippen molar-refractivity contribution in [2.75, 3.05) is 0 Å². The number of nitrogens with one attached hydrogen (secondary N) is 1. The van der Waals surface area contributed by atoms with Crippen LogP contribution in [0.15, 0.2) is 42.9 Å². The largest absolute Gasteiger partial charge is 0.337 e. The van der Waals surface area contributed by atoms with Gasteiger partial charge in [-0.3, -0.25) is 4.98 Å². The summed E-state index contributed by atoms with van der Waals surface area (Å²) in [4.78, 5) is 12.1. The number of aryl methyl sites for hydroxylation is 1. The van der Waals surface area contributed by atoms with Gasteiger partial charge < -0.3 is 14.1 Å². The number of H-pyrrole nitrogens is 1. The zero-order valence-corrected chi connectivity index (χ0v) is 12.3. The summed E-state index contributed by atoms with van der Waals surface area (Å²) in [7, 11) is 1.99. The molecular formula is C15H13N5S. The first-order chi connectivity index (χ1) is 10.2. The van der Waals surface area contributed by atoms with Gasteiger partial charge in [-0.2, -0.15) is 0 Å². The van der Waals surface area contributed by atoms with E-state index in [9.17, 15) is 0 Å². The van der Waals surface area contributed by atoms with E-state index in [2.05, 4.69) is 25.6 Å². The molecule has 0 atom stereocenters. The minimum atomic E-state index is 0.635. The van der Waals surface area contributed by atoms with E-state index in [0.717, 1.165) is 27.8 Å². The van der Waals surface area contributed by atoms with Gasteiger partial charge in [0.05, 0.1) is 29.3 Å². The van der Waals surface area contributed by atoms with Gasteiger partial charge in [0.2, 0.25) is 0 Å².